The van der Waals surface area contributed by atoms with Crippen molar-refractivity contribution in [2.24, 2.45) is 0 Å². The molecule has 0 fully saturated rings. The van der Waals surface area contributed by atoms with Gasteiger partial charge in [0.25, 0.3) is 0 Å². The summed E-state index contributed by atoms with van der Waals surface area (Å²) in [6, 6.07) is 11.5. The second-order valence-electron chi connectivity index (χ2n) is 6.72. The first-order valence-corrected chi connectivity index (χ1v) is 8.06. The average Bonchev–Trinajstić information content (AvgIpc) is 2.99. The minimum Gasteiger partial charge on any atom is -0.545 e. The normalized spacial score (nSPS) is 16.3. The van der Waals surface area contributed by atoms with Crippen LogP contribution >= 0.6 is 0 Å². The van der Waals surface area contributed by atoms with Gasteiger partial charge in [0.2, 0.25) is 0 Å². The second-order valence-corrected chi connectivity index (χ2v) is 6.72. The molecule has 0 saturated heterocycles. The molecule has 6 heteroatoms. The van der Waals surface area contributed by atoms with E-state index in [2.05, 4.69) is 6.07 Å². The fourth-order valence-electron chi connectivity index (χ4n) is 3.51. The Morgan fingerprint density at radius 3 is 2.64 bits per heavy atom. The summed E-state index contributed by atoms with van der Waals surface area (Å²) in [5.74, 6) is -1.39. The van der Waals surface area contributed by atoms with Crippen molar-refractivity contribution >= 4 is 11.7 Å². The number of carbonyl (C=O) groups is 1. The molecule has 130 valence electrons. The Bertz CT molecular complexity index is 843. The highest BCUT2D eigenvalue weighted by molar-refractivity contribution is 5.87. The van der Waals surface area contributed by atoms with Gasteiger partial charge in [-0.2, -0.15) is 0 Å². The summed E-state index contributed by atoms with van der Waals surface area (Å²) >= 11 is 0. The summed E-state index contributed by atoms with van der Waals surface area (Å²) in [6.45, 7) is 3.74. The minimum atomic E-state index is -1.40. The number of carboxylic acid groups (broad SMARTS) is 1. The number of nitrogens with zero attached hydrogens (tertiary/aromatic N) is 1. The molecule has 0 amide bonds. The van der Waals surface area contributed by atoms with Gasteiger partial charge in [0, 0.05) is 17.5 Å². The topological polar surface area (TPSA) is 92.5 Å². The highest BCUT2D eigenvalue weighted by Crippen LogP contribution is 2.43. The molecule has 0 aromatic heterocycles. The van der Waals surface area contributed by atoms with E-state index >= 15 is 0 Å². The summed E-state index contributed by atoms with van der Waals surface area (Å²) in [6.07, 6.45) is 1.80. The zero-order chi connectivity index (χ0) is 18.2. The van der Waals surface area contributed by atoms with Crippen LogP contribution < -0.4 is 9.84 Å². The van der Waals surface area contributed by atoms with Crippen LogP contribution in [0.15, 0.2) is 42.5 Å². The Kier molecular flexibility index (Phi) is 4.20. The van der Waals surface area contributed by atoms with Gasteiger partial charge < -0.3 is 14.6 Å². The van der Waals surface area contributed by atoms with Crippen LogP contribution in [0.4, 0.5) is 5.69 Å². The van der Waals surface area contributed by atoms with Crippen LogP contribution in [0.1, 0.15) is 47.7 Å². The third-order valence-electron chi connectivity index (χ3n) is 4.74. The number of carbonyl (C=O) groups excluding carboxylic acids is 1. The number of hydrogen-bond acceptors (Lipinski definition) is 5. The Morgan fingerprint density at radius 1 is 1.24 bits per heavy atom. The Labute approximate surface area is 145 Å². The van der Waals surface area contributed by atoms with E-state index in [0.717, 1.165) is 31.0 Å². The van der Waals surface area contributed by atoms with E-state index < -0.39 is 16.5 Å². The van der Waals surface area contributed by atoms with Gasteiger partial charge in [-0.3, -0.25) is 10.1 Å². The van der Waals surface area contributed by atoms with E-state index in [1.807, 2.05) is 32.0 Å². The van der Waals surface area contributed by atoms with Gasteiger partial charge in [-0.05, 0) is 49.9 Å². The number of carboxylic acids is 1. The first-order chi connectivity index (χ1) is 11.8. The SMILES string of the molecule is CC(C)(Oc1cc(C(=O)[O-])ccc1[N+](=O)[O-])C1CCc2ccccc21. The average molecular weight is 340 g/mol. The largest absolute Gasteiger partial charge is 0.545 e. The summed E-state index contributed by atoms with van der Waals surface area (Å²) in [5.41, 5.74) is 1.28. The van der Waals surface area contributed by atoms with Gasteiger partial charge >= 0.3 is 5.69 Å². The Balaban J connectivity index is 1.97. The lowest BCUT2D eigenvalue weighted by atomic mass is 9.85. The molecule has 0 saturated carbocycles. The van der Waals surface area contributed by atoms with Crippen molar-refractivity contribution in [1.29, 1.82) is 0 Å². The molecule has 2 aromatic carbocycles. The van der Waals surface area contributed by atoms with Gasteiger partial charge in [0.15, 0.2) is 5.75 Å². The number of aromatic carboxylic acids is 1. The van der Waals surface area contributed by atoms with Crippen molar-refractivity contribution in [3.63, 3.8) is 0 Å². The second kappa shape index (κ2) is 6.20. The van der Waals surface area contributed by atoms with Crippen LogP contribution in [0.25, 0.3) is 0 Å². The van der Waals surface area contributed by atoms with Crippen LogP contribution in [0.2, 0.25) is 0 Å². The van der Waals surface area contributed by atoms with Crippen LogP contribution in [0.3, 0.4) is 0 Å². The minimum absolute atomic E-state index is 0.0546. The first kappa shape index (κ1) is 17.0. The van der Waals surface area contributed by atoms with Crippen molar-refractivity contribution in [2.45, 2.75) is 38.2 Å². The molecule has 0 N–H and O–H groups in total. The fourth-order valence-corrected chi connectivity index (χ4v) is 3.51. The molecule has 3 rings (SSSR count). The van der Waals surface area contributed by atoms with E-state index in [9.17, 15) is 20.0 Å². The van der Waals surface area contributed by atoms with Crippen LogP contribution in [0, 0.1) is 10.1 Å². The molecule has 0 bridgehead atoms. The van der Waals surface area contributed by atoms with Crippen molar-refractivity contribution < 1.29 is 19.6 Å². The van der Waals surface area contributed by atoms with Gasteiger partial charge in [0.05, 0.1) is 10.9 Å². The lowest BCUT2D eigenvalue weighted by Gasteiger charge is -2.33. The van der Waals surface area contributed by atoms with E-state index in [-0.39, 0.29) is 22.9 Å². The highest BCUT2D eigenvalue weighted by atomic mass is 16.6. The monoisotopic (exact) mass is 340 g/mol. The predicted octanol–water partition coefficient (Wildman–Crippen LogP) is 2.85. The molecule has 2 aromatic rings. The van der Waals surface area contributed by atoms with Crippen molar-refractivity contribution in [3.8, 4) is 5.75 Å². The number of fused-ring (bicyclic) bond motifs is 1. The summed E-state index contributed by atoms with van der Waals surface area (Å²) in [5, 5.41) is 22.4. The quantitative estimate of drug-likeness (QED) is 0.616. The molecule has 0 spiro atoms. The Hall–Kier alpha value is -2.89. The maximum Gasteiger partial charge on any atom is 0.310 e. The maximum absolute atomic E-state index is 11.3. The fraction of sp³-hybridized carbons (Fsp3) is 0.316. The first-order valence-electron chi connectivity index (χ1n) is 8.06. The molecule has 1 aliphatic rings. The summed E-state index contributed by atoms with van der Waals surface area (Å²) < 4.78 is 5.99. The predicted molar refractivity (Wildman–Crippen MR) is 89.6 cm³/mol. The maximum atomic E-state index is 11.3. The van der Waals surface area contributed by atoms with Gasteiger partial charge in [-0.1, -0.05) is 24.3 Å². The number of aryl methyl sites for hydroxylation is 1. The molecular formula is C19H18NO5-. The van der Waals surface area contributed by atoms with Crippen molar-refractivity contribution in [2.75, 3.05) is 0 Å². The smallest absolute Gasteiger partial charge is 0.310 e. The standard InChI is InChI=1S/C19H19NO5/c1-19(2,15-9-7-12-5-3-4-6-14(12)15)25-17-11-13(18(21)22)8-10-16(17)20(23)24/h3-6,8,10-11,15H,7,9H2,1-2H3,(H,21,22)/p-1. The molecule has 0 radical (unpaired) electrons. The Morgan fingerprint density at radius 2 is 1.96 bits per heavy atom. The van der Waals surface area contributed by atoms with Crippen molar-refractivity contribution in [1.82, 2.24) is 0 Å². The van der Waals surface area contributed by atoms with Gasteiger partial charge in [0.1, 0.15) is 5.60 Å². The molecule has 0 heterocycles. The molecule has 1 unspecified atom stereocenters. The summed E-state index contributed by atoms with van der Waals surface area (Å²) in [4.78, 5) is 21.8. The van der Waals surface area contributed by atoms with E-state index in [4.69, 9.17) is 4.74 Å². The van der Waals surface area contributed by atoms with Gasteiger partial charge in [-0.15, -0.1) is 0 Å². The molecule has 25 heavy (non-hydrogen) atoms. The molecule has 1 aliphatic carbocycles. The van der Waals surface area contributed by atoms with Crippen LogP contribution in [0.5, 0.6) is 5.75 Å². The number of ether oxygens (including phenoxy) is 1. The van der Waals surface area contributed by atoms with Gasteiger partial charge in [-0.25, -0.2) is 0 Å². The summed E-state index contributed by atoms with van der Waals surface area (Å²) in [7, 11) is 0. The third kappa shape index (κ3) is 3.20. The highest BCUT2D eigenvalue weighted by Gasteiger charge is 2.38. The van der Waals surface area contributed by atoms with Crippen LogP contribution in [-0.4, -0.2) is 16.5 Å². The zero-order valence-corrected chi connectivity index (χ0v) is 14.0. The number of benzene rings is 2. The number of nitro benzene ring substituents is 1. The van der Waals surface area contributed by atoms with Crippen molar-refractivity contribution in [3.05, 3.63) is 69.3 Å². The number of nitro groups is 1. The zero-order valence-electron chi connectivity index (χ0n) is 14.0. The van der Waals surface area contributed by atoms with E-state index in [1.54, 1.807) is 0 Å². The molecule has 6 nitrogen and oxygen atoms in total. The van der Waals surface area contributed by atoms with Crippen LogP contribution in [-0.2, 0) is 6.42 Å². The molecule has 1 atom stereocenters. The lowest BCUT2D eigenvalue weighted by Crippen LogP contribution is -2.35. The molecule has 0 aliphatic heterocycles. The van der Waals surface area contributed by atoms with E-state index in [1.165, 1.54) is 11.1 Å². The molecular weight excluding hydrogens is 322 g/mol. The number of rotatable bonds is 5. The lowest BCUT2D eigenvalue weighted by molar-refractivity contribution is -0.386. The number of hydrogen-bond donors (Lipinski definition) is 0. The third-order valence-corrected chi connectivity index (χ3v) is 4.74. The van der Waals surface area contributed by atoms with E-state index in [0.29, 0.717) is 0 Å².